The van der Waals surface area contributed by atoms with Crippen LogP contribution in [0.15, 0.2) is 36.5 Å². The number of hydrogen-bond acceptors (Lipinski definition) is 3. The highest BCUT2D eigenvalue weighted by Gasteiger charge is 2.10. The number of nitrogens with zero attached hydrogens (tertiary/aromatic N) is 2. The number of benzene rings is 1. The van der Waals surface area contributed by atoms with Crippen molar-refractivity contribution in [3.63, 3.8) is 0 Å². The smallest absolute Gasteiger partial charge is 0.0746 e. The van der Waals surface area contributed by atoms with Crippen molar-refractivity contribution in [1.82, 2.24) is 9.88 Å². The van der Waals surface area contributed by atoms with Crippen LogP contribution in [0.1, 0.15) is 18.9 Å². The van der Waals surface area contributed by atoms with E-state index in [-0.39, 0.29) is 0 Å². The van der Waals surface area contributed by atoms with Crippen LogP contribution in [0, 0.1) is 0 Å². The molecule has 0 amide bonds. The first kappa shape index (κ1) is 13.0. The fourth-order valence-electron chi connectivity index (χ4n) is 2.18. The molecule has 2 rings (SSSR count). The monoisotopic (exact) mass is 243 g/mol. The van der Waals surface area contributed by atoms with Crippen molar-refractivity contribution in [2.75, 3.05) is 13.6 Å². The van der Waals surface area contributed by atoms with Gasteiger partial charge in [0.2, 0.25) is 0 Å². The van der Waals surface area contributed by atoms with Gasteiger partial charge in [-0.05, 0) is 38.6 Å². The summed E-state index contributed by atoms with van der Waals surface area (Å²) in [7, 11) is 2.14. The minimum Gasteiger partial charge on any atom is -0.330 e. The summed E-state index contributed by atoms with van der Waals surface area (Å²) in [6.07, 6.45) is 2.88. The first-order valence-electron chi connectivity index (χ1n) is 6.45. The van der Waals surface area contributed by atoms with E-state index in [0.717, 1.165) is 25.0 Å². The molecule has 3 nitrogen and oxygen atoms in total. The van der Waals surface area contributed by atoms with E-state index in [4.69, 9.17) is 5.73 Å². The fraction of sp³-hybridized carbons (Fsp3) is 0.400. The Kier molecular flexibility index (Phi) is 4.28. The van der Waals surface area contributed by atoms with Crippen molar-refractivity contribution in [3.8, 4) is 0 Å². The molecule has 96 valence electrons. The van der Waals surface area contributed by atoms with E-state index in [2.05, 4.69) is 48.1 Å². The summed E-state index contributed by atoms with van der Waals surface area (Å²) >= 11 is 0. The van der Waals surface area contributed by atoms with Crippen molar-refractivity contribution in [2.24, 2.45) is 5.73 Å². The van der Waals surface area contributed by atoms with Gasteiger partial charge in [-0.15, -0.1) is 0 Å². The molecule has 3 heteroatoms. The molecule has 0 saturated heterocycles. The van der Waals surface area contributed by atoms with Gasteiger partial charge in [0.25, 0.3) is 0 Å². The Hall–Kier alpha value is -1.45. The Labute approximate surface area is 109 Å². The summed E-state index contributed by atoms with van der Waals surface area (Å²) in [5.41, 5.74) is 7.99. The fourth-order valence-corrected chi connectivity index (χ4v) is 2.18. The third-order valence-corrected chi connectivity index (χ3v) is 3.47. The van der Waals surface area contributed by atoms with E-state index in [1.54, 1.807) is 0 Å². The summed E-state index contributed by atoms with van der Waals surface area (Å²) in [5.74, 6) is 0. The molecule has 1 aromatic heterocycles. The molecule has 1 unspecified atom stereocenters. The van der Waals surface area contributed by atoms with E-state index in [1.165, 1.54) is 10.9 Å². The Morgan fingerprint density at radius 2 is 2.06 bits per heavy atom. The first-order chi connectivity index (χ1) is 8.72. The topological polar surface area (TPSA) is 42.1 Å². The van der Waals surface area contributed by atoms with Crippen molar-refractivity contribution in [1.29, 1.82) is 0 Å². The summed E-state index contributed by atoms with van der Waals surface area (Å²) in [6, 6.07) is 10.9. The third kappa shape index (κ3) is 2.86. The highest BCUT2D eigenvalue weighted by atomic mass is 15.1. The molecule has 2 aromatic rings. The van der Waals surface area contributed by atoms with Gasteiger partial charge >= 0.3 is 0 Å². The molecule has 1 aromatic carbocycles. The summed E-state index contributed by atoms with van der Waals surface area (Å²) in [5, 5.41) is 1.20. The van der Waals surface area contributed by atoms with Crippen LogP contribution in [0.25, 0.3) is 10.9 Å². The molecule has 0 saturated carbocycles. The number of pyridine rings is 1. The van der Waals surface area contributed by atoms with Gasteiger partial charge < -0.3 is 5.73 Å². The molecule has 0 aliphatic carbocycles. The van der Waals surface area contributed by atoms with Gasteiger partial charge in [-0.3, -0.25) is 9.88 Å². The maximum atomic E-state index is 5.61. The van der Waals surface area contributed by atoms with Gasteiger partial charge in [-0.25, -0.2) is 0 Å². The molecular weight excluding hydrogens is 222 g/mol. The van der Waals surface area contributed by atoms with E-state index < -0.39 is 0 Å². The molecule has 0 bridgehead atoms. The lowest BCUT2D eigenvalue weighted by molar-refractivity contribution is 0.241. The van der Waals surface area contributed by atoms with Gasteiger partial charge in [0.15, 0.2) is 0 Å². The molecule has 0 fully saturated rings. The zero-order valence-corrected chi connectivity index (χ0v) is 11.1. The maximum Gasteiger partial charge on any atom is 0.0746 e. The average molecular weight is 243 g/mol. The molecule has 0 spiro atoms. The highest BCUT2D eigenvalue weighted by molar-refractivity contribution is 5.81. The van der Waals surface area contributed by atoms with Crippen LogP contribution in [0.4, 0.5) is 0 Å². The van der Waals surface area contributed by atoms with Crippen LogP contribution in [-0.2, 0) is 6.54 Å². The van der Waals surface area contributed by atoms with E-state index in [9.17, 15) is 0 Å². The maximum absolute atomic E-state index is 5.61. The van der Waals surface area contributed by atoms with Crippen LogP contribution < -0.4 is 5.73 Å². The largest absolute Gasteiger partial charge is 0.330 e. The molecule has 0 aliphatic rings. The Morgan fingerprint density at radius 1 is 1.28 bits per heavy atom. The first-order valence-corrected chi connectivity index (χ1v) is 6.45. The predicted octanol–water partition coefficient (Wildman–Crippen LogP) is 2.40. The van der Waals surface area contributed by atoms with Gasteiger partial charge in [-0.1, -0.05) is 24.3 Å². The molecule has 0 radical (unpaired) electrons. The quantitative estimate of drug-likeness (QED) is 0.877. The summed E-state index contributed by atoms with van der Waals surface area (Å²) in [4.78, 5) is 6.82. The zero-order chi connectivity index (χ0) is 13.0. The molecule has 1 atom stereocenters. The SMILES string of the molecule is CC(CCN)N(C)Cc1cccc2cccnc12. The number of aromatic nitrogens is 1. The molecule has 1 heterocycles. The van der Waals surface area contributed by atoms with Gasteiger partial charge in [0, 0.05) is 24.2 Å². The van der Waals surface area contributed by atoms with E-state index in [1.807, 2.05) is 12.3 Å². The van der Waals surface area contributed by atoms with Crippen molar-refractivity contribution >= 4 is 10.9 Å². The molecular formula is C15H21N3. The Balaban J connectivity index is 2.21. The normalized spacial score (nSPS) is 13.1. The van der Waals surface area contributed by atoms with Crippen molar-refractivity contribution < 1.29 is 0 Å². The van der Waals surface area contributed by atoms with Gasteiger partial charge in [0.1, 0.15) is 0 Å². The number of rotatable bonds is 5. The highest BCUT2D eigenvalue weighted by Crippen LogP contribution is 2.18. The minimum absolute atomic E-state index is 0.494. The number of para-hydroxylation sites is 1. The van der Waals surface area contributed by atoms with E-state index >= 15 is 0 Å². The second-order valence-electron chi connectivity index (χ2n) is 4.83. The molecule has 2 N–H and O–H groups in total. The van der Waals surface area contributed by atoms with Crippen molar-refractivity contribution in [3.05, 3.63) is 42.1 Å². The average Bonchev–Trinajstić information content (AvgIpc) is 2.39. The Bertz CT molecular complexity index is 505. The lowest BCUT2D eigenvalue weighted by Crippen LogP contribution is -2.30. The van der Waals surface area contributed by atoms with Gasteiger partial charge in [0.05, 0.1) is 5.52 Å². The minimum atomic E-state index is 0.494. The third-order valence-electron chi connectivity index (χ3n) is 3.47. The summed E-state index contributed by atoms with van der Waals surface area (Å²) in [6.45, 7) is 3.86. The van der Waals surface area contributed by atoms with Crippen LogP contribution in [-0.4, -0.2) is 29.5 Å². The number of hydrogen-bond donors (Lipinski definition) is 1. The second-order valence-corrected chi connectivity index (χ2v) is 4.83. The summed E-state index contributed by atoms with van der Waals surface area (Å²) < 4.78 is 0. The van der Waals surface area contributed by atoms with Gasteiger partial charge in [-0.2, -0.15) is 0 Å². The molecule has 0 aliphatic heterocycles. The van der Waals surface area contributed by atoms with E-state index in [0.29, 0.717) is 6.04 Å². The zero-order valence-electron chi connectivity index (χ0n) is 11.1. The van der Waals surface area contributed by atoms with Crippen molar-refractivity contribution in [2.45, 2.75) is 25.9 Å². The lowest BCUT2D eigenvalue weighted by atomic mass is 10.1. The number of nitrogens with two attached hydrogens (primary N) is 1. The molecule has 18 heavy (non-hydrogen) atoms. The Morgan fingerprint density at radius 3 is 2.83 bits per heavy atom. The van der Waals surface area contributed by atoms with Crippen LogP contribution in [0.3, 0.4) is 0 Å². The second kappa shape index (κ2) is 5.94. The van der Waals surface area contributed by atoms with Crippen LogP contribution in [0.2, 0.25) is 0 Å². The van der Waals surface area contributed by atoms with Crippen LogP contribution >= 0.6 is 0 Å². The van der Waals surface area contributed by atoms with Crippen LogP contribution in [0.5, 0.6) is 0 Å². The lowest BCUT2D eigenvalue weighted by Gasteiger charge is -2.24. The number of fused-ring (bicyclic) bond motifs is 1. The standard InChI is InChI=1S/C15H21N3/c1-12(8-9-16)18(2)11-14-6-3-5-13-7-4-10-17-15(13)14/h3-7,10,12H,8-9,11,16H2,1-2H3. The predicted molar refractivity (Wildman–Crippen MR) is 76.3 cm³/mol.